The first-order valence-corrected chi connectivity index (χ1v) is 9.42. The van der Waals surface area contributed by atoms with Gasteiger partial charge in [-0.15, -0.1) is 16.4 Å². The lowest BCUT2D eigenvalue weighted by Gasteiger charge is -2.10. The summed E-state index contributed by atoms with van der Waals surface area (Å²) in [5.74, 6) is 0.472. The van der Waals surface area contributed by atoms with Crippen LogP contribution in [0.25, 0.3) is 4.96 Å². The maximum absolute atomic E-state index is 12.0. The van der Waals surface area contributed by atoms with Gasteiger partial charge in [0.15, 0.2) is 10.1 Å². The fourth-order valence-corrected chi connectivity index (χ4v) is 4.25. The van der Waals surface area contributed by atoms with Crippen molar-refractivity contribution in [3.63, 3.8) is 0 Å². The molecule has 1 atom stereocenters. The molecular weight excluding hydrogens is 350 g/mol. The van der Waals surface area contributed by atoms with Crippen LogP contribution in [0.3, 0.4) is 0 Å². The van der Waals surface area contributed by atoms with Gasteiger partial charge in [0.25, 0.3) is 5.56 Å². The quantitative estimate of drug-likeness (QED) is 0.681. The minimum Gasteiger partial charge on any atom is -0.376 e. The van der Waals surface area contributed by atoms with E-state index in [1.807, 2.05) is 5.38 Å². The Labute approximate surface area is 144 Å². The van der Waals surface area contributed by atoms with Gasteiger partial charge in [-0.25, -0.2) is 14.9 Å². The summed E-state index contributed by atoms with van der Waals surface area (Å²) in [6, 6.07) is 1.52. The van der Waals surface area contributed by atoms with E-state index in [0.29, 0.717) is 28.1 Å². The van der Waals surface area contributed by atoms with E-state index in [4.69, 9.17) is 4.74 Å². The SMILES string of the molecule is O=c1[nH]nc(SCc2cc(=O)n3ccsc3n2)n1C[C@@H]1CCCO1. The zero-order valence-electron chi connectivity index (χ0n) is 12.7. The molecule has 0 bridgehead atoms. The molecule has 4 rings (SSSR count). The van der Waals surface area contributed by atoms with E-state index >= 15 is 0 Å². The Kier molecular flexibility index (Phi) is 4.25. The summed E-state index contributed by atoms with van der Waals surface area (Å²) in [7, 11) is 0. The molecule has 0 aliphatic carbocycles. The molecule has 8 nitrogen and oxygen atoms in total. The van der Waals surface area contributed by atoms with Crippen LogP contribution in [-0.2, 0) is 17.0 Å². The zero-order chi connectivity index (χ0) is 16.5. The monoisotopic (exact) mass is 365 g/mol. The first-order valence-electron chi connectivity index (χ1n) is 7.56. The lowest BCUT2D eigenvalue weighted by molar-refractivity contribution is 0.0941. The molecule has 0 saturated carbocycles. The van der Waals surface area contributed by atoms with E-state index in [9.17, 15) is 9.59 Å². The van der Waals surface area contributed by atoms with Crippen molar-refractivity contribution < 1.29 is 4.74 Å². The average Bonchev–Trinajstić information content (AvgIpc) is 3.29. The topological polar surface area (TPSA) is 94.3 Å². The predicted molar refractivity (Wildman–Crippen MR) is 90.7 cm³/mol. The number of fused-ring (bicyclic) bond motifs is 1. The first kappa shape index (κ1) is 15.6. The molecule has 10 heteroatoms. The highest BCUT2D eigenvalue weighted by Crippen LogP contribution is 2.21. The average molecular weight is 365 g/mol. The Hall–Kier alpha value is -1.91. The van der Waals surface area contributed by atoms with E-state index in [-0.39, 0.29) is 17.4 Å². The molecule has 126 valence electrons. The van der Waals surface area contributed by atoms with E-state index in [1.165, 1.54) is 33.6 Å². The van der Waals surface area contributed by atoms with Crippen LogP contribution < -0.4 is 11.2 Å². The van der Waals surface area contributed by atoms with E-state index in [1.54, 1.807) is 10.8 Å². The fourth-order valence-electron chi connectivity index (χ4n) is 2.67. The highest BCUT2D eigenvalue weighted by molar-refractivity contribution is 7.98. The Morgan fingerprint density at radius 2 is 2.38 bits per heavy atom. The van der Waals surface area contributed by atoms with Crippen LogP contribution >= 0.6 is 23.1 Å². The summed E-state index contributed by atoms with van der Waals surface area (Å²) in [6.07, 6.45) is 3.74. The molecule has 0 radical (unpaired) electrons. The van der Waals surface area contributed by atoms with Gasteiger partial charge in [-0.2, -0.15) is 0 Å². The van der Waals surface area contributed by atoms with Gasteiger partial charge >= 0.3 is 5.69 Å². The van der Waals surface area contributed by atoms with E-state index in [2.05, 4.69) is 15.2 Å². The summed E-state index contributed by atoms with van der Waals surface area (Å²) in [5, 5.41) is 8.97. The van der Waals surface area contributed by atoms with Crippen molar-refractivity contribution in [1.82, 2.24) is 24.1 Å². The van der Waals surface area contributed by atoms with Gasteiger partial charge in [0, 0.05) is 30.0 Å². The maximum Gasteiger partial charge on any atom is 0.344 e. The molecule has 0 amide bonds. The number of aromatic nitrogens is 5. The van der Waals surface area contributed by atoms with Crippen molar-refractivity contribution in [2.45, 2.75) is 36.4 Å². The number of nitrogens with zero attached hydrogens (tertiary/aromatic N) is 4. The molecule has 0 spiro atoms. The van der Waals surface area contributed by atoms with Crippen LogP contribution in [0, 0.1) is 0 Å². The van der Waals surface area contributed by atoms with Crippen molar-refractivity contribution in [1.29, 1.82) is 0 Å². The van der Waals surface area contributed by atoms with Crippen molar-refractivity contribution in [2.75, 3.05) is 6.61 Å². The molecule has 4 heterocycles. The standard InChI is InChI=1S/C14H15N5O3S2/c20-11-6-9(15-13-18(11)3-5-23-13)8-24-14-17-16-12(21)19(14)7-10-2-1-4-22-10/h3,5-6,10H,1-2,4,7-8H2,(H,16,21)/t10-/m0/s1. The number of rotatable bonds is 5. The van der Waals surface area contributed by atoms with Gasteiger partial charge in [0.2, 0.25) is 0 Å². The minimum atomic E-state index is -0.241. The summed E-state index contributed by atoms with van der Waals surface area (Å²) in [4.78, 5) is 29.1. The van der Waals surface area contributed by atoms with E-state index < -0.39 is 0 Å². The number of thiazole rings is 1. The molecule has 3 aromatic heterocycles. The van der Waals surface area contributed by atoms with Crippen LogP contribution in [0.4, 0.5) is 0 Å². The summed E-state index contributed by atoms with van der Waals surface area (Å²) >= 11 is 2.80. The number of hydrogen-bond donors (Lipinski definition) is 1. The fraction of sp³-hybridized carbons (Fsp3) is 0.429. The Balaban J connectivity index is 1.52. The van der Waals surface area contributed by atoms with Crippen molar-refractivity contribution in [3.05, 3.63) is 44.2 Å². The molecule has 1 aliphatic heterocycles. The van der Waals surface area contributed by atoms with Gasteiger partial charge in [-0.3, -0.25) is 13.8 Å². The van der Waals surface area contributed by atoms with Crippen LogP contribution in [0.1, 0.15) is 18.5 Å². The number of aromatic amines is 1. The second-order valence-electron chi connectivity index (χ2n) is 5.49. The molecule has 1 saturated heterocycles. The van der Waals surface area contributed by atoms with Crippen molar-refractivity contribution >= 4 is 28.1 Å². The Morgan fingerprint density at radius 1 is 1.46 bits per heavy atom. The second kappa shape index (κ2) is 6.54. The minimum absolute atomic E-state index is 0.0601. The maximum atomic E-state index is 12.0. The van der Waals surface area contributed by atoms with Crippen LogP contribution in [0.5, 0.6) is 0 Å². The molecule has 0 aromatic carbocycles. The van der Waals surface area contributed by atoms with Crippen LogP contribution in [0.15, 0.2) is 32.4 Å². The lowest BCUT2D eigenvalue weighted by atomic mass is 10.2. The largest absolute Gasteiger partial charge is 0.376 e. The van der Waals surface area contributed by atoms with Crippen molar-refractivity contribution in [3.8, 4) is 0 Å². The number of nitrogens with one attached hydrogen (secondary N) is 1. The normalized spacial score (nSPS) is 17.8. The van der Waals surface area contributed by atoms with Crippen LogP contribution in [0.2, 0.25) is 0 Å². The molecular formula is C14H15N5O3S2. The molecule has 1 fully saturated rings. The number of hydrogen-bond acceptors (Lipinski definition) is 7. The number of thioether (sulfide) groups is 1. The van der Waals surface area contributed by atoms with Gasteiger partial charge < -0.3 is 4.74 Å². The molecule has 0 unspecified atom stereocenters. The molecule has 24 heavy (non-hydrogen) atoms. The lowest BCUT2D eigenvalue weighted by Crippen LogP contribution is -2.25. The Bertz CT molecular complexity index is 967. The Morgan fingerprint density at radius 3 is 3.21 bits per heavy atom. The highest BCUT2D eigenvalue weighted by Gasteiger charge is 2.19. The zero-order valence-corrected chi connectivity index (χ0v) is 14.3. The van der Waals surface area contributed by atoms with Gasteiger partial charge in [0.1, 0.15) is 0 Å². The summed E-state index contributed by atoms with van der Waals surface area (Å²) in [5.41, 5.74) is 0.330. The third-order valence-electron chi connectivity index (χ3n) is 3.84. The highest BCUT2D eigenvalue weighted by atomic mass is 32.2. The van der Waals surface area contributed by atoms with Crippen molar-refractivity contribution in [2.24, 2.45) is 0 Å². The van der Waals surface area contributed by atoms with Crippen LogP contribution in [-0.4, -0.2) is 36.9 Å². The van der Waals surface area contributed by atoms with Gasteiger partial charge in [-0.05, 0) is 12.8 Å². The third kappa shape index (κ3) is 3.04. The first-order chi connectivity index (χ1) is 11.7. The molecule has 1 N–H and O–H groups in total. The number of ether oxygens (including phenoxy) is 1. The molecule has 1 aliphatic rings. The predicted octanol–water partition coefficient (Wildman–Crippen LogP) is 1.11. The van der Waals surface area contributed by atoms with E-state index in [0.717, 1.165) is 19.4 Å². The smallest absolute Gasteiger partial charge is 0.344 e. The molecule has 3 aromatic rings. The summed E-state index contributed by atoms with van der Waals surface area (Å²) in [6.45, 7) is 1.24. The van der Waals surface area contributed by atoms with Gasteiger partial charge in [-0.1, -0.05) is 11.8 Å². The third-order valence-corrected chi connectivity index (χ3v) is 5.61. The second-order valence-corrected chi connectivity index (χ2v) is 7.30. The number of H-pyrrole nitrogens is 1. The van der Waals surface area contributed by atoms with Gasteiger partial charge in [0.05, 0.1) is 18.3 Å². The summed E-state index contributed by atoms with van der Waals surface area (Å²) < 4.78 is 8.70.